The molecule has 0 N–H and O–H groups in total. The lowest BCUT2D eigenvalue weighted by atomic mass is 9.92. The summed E-state index contributed by atoms with van der Waals surface area (Å²) in [6.45, 7) is 5.89. The Labute approximate surface area is 187 Å². The number of amides is 2. The zero-order valence-corrected chi connectivity index (χ0v) is 18.5. The molecule has 0 bridgehead atoms. The van der Waals surface area contributed by atoms with Crippen LogP contribution in [0.2, 0.25) is 0 Å². The predicted octanol–water partition coefficient (Wildman–Crippen LogP) is 3.79. The van der Waals surface area contributed by atoms with Gasteiger partial charge >= 0.3 is 0 Å². The second-order valence-electron chi connectivity index (χ2n) is 8.56. The lowest BCUT2D eigenvalue weighted by molar-refractivity contribution is -0.126. The van der Waals surface area contributed by atoms with Gasteiger partial charge in [-0.15, -0.1) is 0 Å². The molecule has 0 spiro atoms. The second kappa shape index (κ2) is 8.30. The molecule has 3 aliphatic heterocycles. The molecule has 0 radical (unpaired) electrons. The SMILES string of the molecule is Cc1cccc(N2N=C(C(=O)N3CCc4cc5c(cc4[C@@H]3C)OCCCO5)CCC2=O)c1. The number of aryl methyl sites for hydroxylation is 1. The first-order chi connectivity index (χ1) is 15.5. The van der Waals surface area contributed by atoms with E-state index in [4.69, 9.17) is 9.47 Å². The summed E-state index contributed by atoms with van der Waals surface area (Å²) in [7, 11) is 0. The molecular formula is C25H27N3O4. The third-order valence-corrected chi connectivity index (χ3v) is 6.34. The van der Waals surface area contributed by atoms with Crippen molar-refractivity contribution in [2.75, 3.05) is 24.8 Å². The van der Waals surface area contributed by atoms with Crippen molar-refractivity contribution in [2.24, 2.45) is 5.10 Å². The van der Waals surface area contributed by atoms with E-state index in [1.54, 1.807) is 0 Å². The first-order valence-corrected chi connectivity index (χ1v) is 11.2. The van der Waals surface area contributed by atoms with Crippen LogP contribution in [-0.4, -0.2) is 42.2 Å². The van der Waals surface area contributed by atoms with Gasteiger partial charge in [0.25, 0.3) is 5.91 Å². The number of ether oxygens (including phenoxy) is 2. The molecule has 0 aliphatic carbocycles. The maximum absolute atomic E-state index is 13.5. The van der Waals surface area contributed by atoms with Crippen molar-refractivity contribution in [1.82, 2.24) is 4.90 Å². The molecule has 2 aromatic carbocycles. The van der Waals surface area contributed by atoms with Gasteiger partial charge in [-0.25, -0.2) is 5.01 Å². The Kier molecular flexibility index (Phi) is 5.33. The molecule has 0 unspecified atom stereocenters. The molecule has 32 heavy (non-hydrogen) atoms. The van der Waals surface area contributed by atoms with Crippen LogP contribution in [0.5, 0.6) is 11.5 Å². The van der Waals surface area contributed by atoms with Gasteiger partial charge in [0.15, 0.2) is 11.5 Å². The van der Waals surface area contributed by atoms with E-state index in [0.717, 1.165) is 35.5 Å². The average molecular weight is 434 g/mol. The molecule has 2 amide bonds. The summed E-state index contributed by atoms with van der Waals surface area (Å²) in [5.74, 6) is 1.33. The van der Waals surface area contributed by atoms with Crippen LogP contribution in [0.4, 0.5) is 5.69 Å². The molecule has 2 aromatic rings. The average Bonchev–Trinajstić information content (AvgIpc) is 3.03. The Morgan fingerprint density at radius 1 is 1.06 bits per heavy atom. The fourth-order valence-corrected chi connectivity index (χ4v) is 4.59. The quantitative estimate of drug-likeness (QED) is 0.723. The molecule has 0 aromatic heterocycles. The van der Waals surface area contributed by atoms with Gasteiger partial charge in [0.2, 0.25) is 5.91 Å². The molecule has 7 nitrogen and oxygen atoms in total. The molecule has 3 heterocycles. The van der Waals surface area contributed by atoms with Crippen LogP contribution in [0.1, 0.15) is 48.9 Å². The number of carbonyl (C=O) groups excluding carboxylic acids is 2. The van der Waals surface area contributed by atoms with Crippen molar-refractivity contribution >= 4 is 23.2 Å². The van der Waals surface area contributed by atoms with E-state index in [1.807, 2.05) is 49.1 Å². The third-order valence-electron chi connectivity index (χ3n) is 6.34. The highest BCUT2D eigenvalue weighted by atomic mass is 16.5. The Morgan fingerprint density at radius 3 is 2.62 bits per heavy atom. The summed E-state index contributed by atoms with van der Waals surface area (Å²) in [5.41, 5.74) is 4.42. The van der Waals surface area contributed by atoms with Crippen molar-refractivity contribution in [3.8, 4) is 11.5 Å². The molecule has 166 valence electrons. The summed E-state index contributed by atoms with van der Waals surface area (Å²) in [6.07, 6.45) is 2.23. The highest BCUT2D eigenvalue weighted by molar-refractivity contribution is 6.40. The third kappa shape index (κ3) is 3.72. The van der Waals surface area contributed by atoms with E-state index in [-0.39, 0.29) is 24.3 Å². The monoisotopic (exact) mass is 433 g/mol. The van der Waals surface area contributed by atoms with Crippen LogP contribution in [0.3, 0.4) is 0 Å². The normalized spacial score (nSPS) is 20.4. The van der Waals surface area contributed by atoms with Crippen LogP contribution in [0, 0.1) is 6.92 Å². The Hall–Kier alpha value is -3.35. The number of benzene rings is 2. The maximum atomic E-state index is 13.5. The van der Waals surface area contributed by atoms with Crippen LogP contribution in [0.25, 0.3) is 0 Å². The fraction of sp³-hybridized carbons (Fsp3) is 0.400. The van der Waals surface area contributed by atoms with Crippen molar-refractivity contribution in [3.05, 3.63) is 53.1 Å². The fourth-order valence-electron chi connectivity index (χ4n) is 4.59. The minimum absolute atomic E-state index is 0.0935. The van der Waals surface area contributed by atoms with Crippen molar-refractivity contribution in [3.63, 3.8) is 0 Å². The highest BCUT2D eigenvalue weighted by Crippen LogP contribution is 2.39. The molecule has 0 saturated heterocycles. The van der Waals surface area contributed by atoms with Gasteiger partial charge in [-0.2, -0.15) is 5.10 Å². The molecular weight excluding hydrogens is 406 g/mol. The number of fused-ring (bicyclic) bond motifs is 2. The zero-order valence-electron chi connectivity index (χ0n) is 18.5. The number of rotatable bonds is 2. The van der Waals surface area contributed by atoms with Gasteiger partial charge in [-0.3, -0.25) is 9.59 Å². The van der Waals surface area contributed by atoms with Gasteiger partial charge in [0.05, 0.1) is 24.9 Å². The number of hydrogen-bond acceptors (Lipinski definition) is 5. The van der Waals surface area contributed by atoms with Crippen LogP contribution < -0.4 is 14.5 Å². The van der Waals surface area contributed by atoms with Crippen molar-refractivity contribution in [1.29, 1.82) is 0 Å². The van der Waals surface area contributed by atoms with Gasteiger partial charge in [0, 0.05) is 25.8 Å². The predicted molar refractivity (Wildman–Crippen MR) is 121 cm³/mol. The summed E-state index contributed by atoms with van der Waals surface area (Å²) < 4.78 is 11.7. The summed E-state index contributed by atoms with van der Waals surface area (Å²) >= 11 is 0. The van der Waals surface area contributed by atoms with Gasteiger partial charge in [0.1, 0.15) is 5.71 Å². The number of nitrogens with zero attached hydrogens (tertiary/aromatic N) is 3. The minimum atomic E-state index is -0.115. The van der Waals surface area contributed by atoms with Gasteiger partial charge in [-0.05, 0) is 61.2 Å². The highest BCUT2D eigenvalue weighted by Gasteiger charge is 2.34. The number of anilines is 1. The Morgan fingerprint density at radius 2 is 1.84 bits per heavy atom. The lowest BCUT2D eigenvalue weighted by Gasteiger charge is -2.36. The second-order valence-corrected chi connectivity index (χ2v) is 8.56. The largest absolute Gasteiger partial charge is 0.490 e. The molecule has 0 fully saturated rings. The van der Waals surface area contributed by atoms with Crippen molar-refractivity contribution < 1.29 is 19.1 Å². The molecule has 1 atom stereocenters. The first kappa shape index (κ1) is 20.5. The topological polar surface area (TPSA) is 71.4 Å². The van der Waals surface area contributed by atoms with E-state index in [0.29, 0.717) is 37.6 Å². The number of carbonyl (C=O) groups is 2. The Bertz CT molecular complexity index is 1110. The minimum Gasteiger partial charge on any atom is -0.490 e. The maximum Gasteiger partial charge on any atom is 0.270 e. The van der Waals surface area contributed by atoms with Gasteiger partial charge in [-0.1, -0.05) is 12.1 Å². The standard InChI is InChI=1S/C25H27N3O4/c1-16-5-3-6-19(13-16)28-24(29)8-7-21(26-28)25(30)27-10-9-18-14-22-23(15-20(18)17(27)2)32-12-4-11-31-22/h3,5-6,13-15,17H,4,7-12H2,1-2H3/t17-/m0/s1. The zero-order chi connectivity index (χ0) is 22.2. The first-order valence-electron chi connectivity index (χ1n) is 11.2. The van der Waals surface area contributed by atoms with E-state index in [1.165, 1.54) is 10.6 Å². The summed E-state index contributed by atoms with van der Waals surface area (Å²) in [5, 5.41) is 5.86. The Balaban J connectivity index is 1.42. The summed E-state index contributed by atoms with van der Waals surface area (Å²) in [6, 6.07) is 11.6. The van der Waals surface area contributed by atoms with E-state index in [2.05, 4.69) is 11.2 Å². The van der Waals surface area contributed by atoms with Crippen LogP contribution in [0.15, 0.2) is 41.5 Å². The number of hydrazone groups is 1. The smallest absolute Gasteiger partial charge is 0.270 e. The molecule has 7 heteroatoms. The lowest BCUT2D eigenvalue weighted by Crippen LogP contribution is -2.45. The molecule has 3 aliphatic rings. The van der Waals surface area contributed by atoms with Crippen LogP contribution >= 0.6 is 0 Å². The molecule has 5 rings (SSSR count). The van der Waals surface area contributed by atoms with Crippen LogP contribution in [-0.2, 0) is 16.0 Å². The van der Waals surface area contributed by atoms with Crippen molar-refractivity contribution in [2.45, 2.75) is 45.6 Å². The van der Waals surface area contributed by atoms with Gasteiger partial charge < -0.3 is 14.4 Å². The van der Waals surface area contributed by atoms with E-state index in [9.17, 15) is 9.59 Å². The number of hydrogen-bond donors (Lipinski definition) is 0. The summed E-state index contributed by atoms with van der Waals surface area (Å²) in [4.78, 5) is 27.8. The van der Waals surface area contributed by atoms with E-state index >= 15 is 0 Å². The molecule has 0 saturated carbocycles. The van der Waals surface area contributed by atoms with E-state index < -0.39 is 0 Å².